The second kappa shape index (κ2) is 8.13. The fourth-order valence-electron chi connectivity index (χ4n) is 9.41. The van der Waals surface area contributed by atoms with E-state index in [2.05, 4.69) is 20.4 Å². The summed E-state index contributed by atoms with van der Waals surface area (Å²) in [5.74, 6) is -3.59. The lowest BCUT2D eigenvalue weighted by Gasteiger charge is -2.68. The minimum Gasteiger partial charge on any atom is -0.462 e. The van der Waals surface area contributed by atoms with E-state index < -0.39 is 70.5 Å². The molecule has 2 bridgehead atoms. The monoisotopic (exact) mass is 532 g/mol. The van der Waals surface area contributed by atoms with Crippen LogP contribution in [-0.2, 0) is 42.9 Å². The van der Waals surface area contributed by atoms with Gasteiger partial charge >= 0.3 is 17.9 Å². The van der Waals surface area contributed by atoms with Gasteiger partial charge in [0.05, 0.1) is 0 Å². The Labute approximate surface area is 223 Å². The average molecular weight is 533 g/mol. The lowest BCUT2D eigenvalue weighted by molar-refractivity contribution is -0.285. The first-order valence-corrected chi connectivity index (χ1v) is 13.6. The molecule has 9 atom stereocenters. The summed E-state index contributed by atoms with van der Waals surface area (Å²) >= 11 is 0. The summed E-state index contributed by atoms with van der Waals surface area (Å²) in [6.45, 7) is 18.2. The van der Waals surface area contributed by atoms with Crippen molar-refractivity contribution in [2.45, 2.75) is 117 Å². The minimum absolute atomic E-state index is 0.129. The highest BCUT2D eigenvalue weighted by atomic mass is 16.8. The largest absolute Gasteiger partial charge is 0.462 e. The van der Waals surface area contributed by atoms with E-state index in [1.54, 1.807) is 13.8 Å². The summed E-state index contributed by atoms with van der Waals surface area (Å²) in [6, 6.07) is 0. The molecule has 0 amide bonds. The van der Waals surface area contributed by atoms with Crippen LogP contribution < -0.4 is 0 Å². The molecule has 0 aromatic carbocycles. The van der Waals surface area contributed by atoms with E-state index in [-0.39, 0.29) is 29.1 Å². The molecule has 0 aromatic heterocycles. The molecule has 4 aliphatic carbocycles. The average Bonchev–Trinajstić information content (AvgIpc) is 3.10. The summed E-state index contributed by atoms with van der Waals surface area (Å²) in [7, 11) is 0. The first kappa shape index (κ1) is 27.3. The zero-order valence-electron chi connectivity index (χ0n) is 23.7. The van der Waals surface area contributed by atoms with Crippen LogP contribution in [0.3, 0.4) is 0 Å². The van der Waals surface area contributed by atoms with Gasteiger partial charge in [0.15, 0.2) is 11.6 Å². The molecule has 0 N–H and O–H groups in total. The van der Waals surface area contributed by atoms with Crippen LogP contribution in [0.1, 0.15) is 81.1 Å². The lowest BCUT2D eigenvalue weighted by Crippen LogP contribution is -2.75. The predicted octanol–water partition coefficient (Wildman–Crippen LogP) is 3.66. The molecule has 1 aliphatic heterocycles. The van der Waals surface area contributed by atoms with E-state index in [0.717, 1.165) is 6.42 Å². The molecule has 1 saturated heterocycles. The number of hydrogen-bond donors (Lipinski definition) is 0. The highest BCUT2D eigenvalue weighted by Gasteiger charge is 2.86. The first-order valence-electron chi connectivity index (χ1n) is 13.6. The van der Waals surface area contributed by atoms with Crippen molar-refractivity contribution in [2.24, 2.45) is 28.1 Å². The Morgan fingerprint density at radius 1 is 0.921 bits per heavy atom. The Morgan fingerprint density at radius 2 is 1.50 bits per heavy atom. The van der Waals surface area contributed by atoms with Crippen molar-refractivity contribution < 1.29 is 42.9 Å². The van der Waals surface area contributed by atoms with Gasteiger partial charge in [0.25, 0.3) is 0 Å². The van der Waals surface area contributed by atoms with Gasteiger partial charge in [-0.1, -0.05) is 27.4 Å². The third kappa shape index (κ3) is 3.36. The summed E-state index contributed by atoms with van der Waals surface area (Å²) in [5, 5.41) is 0. The van der Waals surface area contributed by atoms with Crippen molar-refractivity contribution in [3.05, 3.63) is 12.2 Å². The molecule has 5 fully saturated rings. The molecule has 9 heteroatoms. The smallest absolute Gasteiger partial charge is 0.302 e. The van der Waals surface area contributed by atoms with Crippen molar-refractivity contribution >= 4 is 23.7 Å². The number of ketones is 1. The van der Waals surface area contributed by atoms with E-state index in [1.807, 2.05) is 6.92 Å². The normalized spacial score (nSPS) is 45.9. The van der Waals surface area contributed by atoms with Gasteiger partial charge in [0.2, 0.25) is 0 Å². The van der Waals surface area contributed by atoms with E-state index in [0.29, 0.717) is 12.8 Å². The SMILES string of the molecule is C=C1C(=O)C23C(OC(C)=O)CC4C(C)(C)CC[C@@H](OC(C)=O)[C@@]4(C)C2C(OC(C)=O)C[C@@]12OC(C)(C)OC32. The summed E-state index contributed by atoms with van der Waals surface area (Å²) in [6.07, 6.45) is -1.12. The van der Waals surface area contributed by atoms with Gasteiger partial charge in [-0.15, -0.1) is 0 Å². The van der Waals surface area contributed by atoms with E-state index in [9.17, 15) is 19.2 Å². The van der Waals surface area contributed by atoms with E-state index in [1.165, 1.54) is 20.8 Å². The lowest BCUT2D eigenvalue weighted by atomic mass is 9.38. The van der Waals surface area contributed by atoms with Crippen LogP contribution in [0.25, 0.3) is 0 Å². The van der Waals surface area contributed by atoms with Crippen molar-refractivity contribution in [3.63, 3.8) is 0 Å². The van der Waals surface area contributed by atoms with Crippen molar-refractivity contribution in [1.82, 2.24) is 0 Å². The summed E-state index contributed by atoms with van der Waals surface area (Å²) < 4.78 is 31.1. The third-order valence-corrected chi connectivity index (χ3v) is 10.3. The molecule has 4 saturated carbocycles. The van der Waals surface area contributed by atoms with E-state index >= 15 is 0 Å². The Morgan fingerprint density at radius 3 is 2.08 bits per heavy atom. The molecule has 0 aromatic rings. The van der Waals surface area contributed by atoms with Crippen LogP contribution in [0.2, 0.25) is 0 Å². The van der Waals surface area contributed by atoms with Gasteiger partial charge in [-0.05, 0) is 44.4 Å². The standard InChI is InChI=1S/C29H40O9/c1-14-23(33)29-21(36-17(4)32)12-19-25(5,6)11-10-20(35-16(3)31)27(19,9)22(29)18(34-15(2)30)13-28(14)24(29)37-26(7,8)38-28/h18-22,24H,1,10-13H2,2-9H3/t18?,19?,20-,21?,22?,24?,27+,28-,29?/m1/s1. The van der Waals surface area contributed by atoms with Crippen LogP contribution in [0.15, 0.2) is 12.2 Å². The zero-order valence-corrected chi connectivity index (χ0v) is 23.7. The van der Waals surface area contributed by atoms with Crippen LogP contribution in [-0.4, -0.2) is 59.5 Å². The number of rotatable bonds is 3. The Hall–Kier alpha value is -2.26. The molecule has 210 valence electrons. The topological polar surface area (TPSA) is 114 Å². The third-order valence-electron chi connectivity index (χ3n) is 10.3. The first-order chi connectivity index (χ1) is 17.4. The van der Waals surface area contributed by atoms with Gasteiger partial charge in [-0.25, -0.2) is 0 Å². The van der Waals surface area contributed by atoms with Crippen molar-refractivity contribution in [2.75, 3.05) is 0 Å². The fourth-order valence-corrected chi connectivity index (χ4v) is 9.41. The Bertz CT molecular complexity index is 1120. The number of esters is 3. The van der Waals surface area contributed by atoms with Crippen LogP contribution >= 0.6 is 0 Å². The van der Waals surface area contributed by atoms with E-state index in [4.69, 9.17) is 23.7 Å². The van der Waals surface area contributed by atoms with Gasteiger partial charge in [-0.3, -0.25) is 19.2 Å². The number of ether oxygens (including phenoxy) is 5. The number of carbonyl (C=O) groups excluding carboxylic acids is 4. The van der Waals surface area contributed by atoms with Gasteiger partial charge in [0, 0.05) is 44.1 Å². The van der Waals surface area contributed by atoms with Gasteiger partial charge < -0.3 is 23.7 Å². The maximum Gasteiger partial charge on any atom is 0.302 e. The van der Waals surface area contributed by atoms with Gasteiger partial charge in [0.1, 0.15) is 35.4 Å². The maximum absolute atomic E-state index is 14.6. The minimum atomic E-state index is -1.44. The zero-order chi connectivity index (χ0) is 28.2. The number of fused-ring (bicyclic) bond motifs is 2. The second-order valence-electron chi connectivity index (χ2n) is 13.3. The summed E-state index contributed by atoms with van der Waals surface area (Å²) in [4.78, 5) is 52.0. The van der Waals surface area contributed by atoms with Crippen LogP contribution in [0.5, 0.6) is 0 Å². The molecule has 5 aliphatic rings. The van der Waals surface area contributed by atoms with Gasteiger partial charge in [-0.2, -0.15) is 0 Å². The number of hydrogen-bond acceptors (Lipinski definition) is 9. The molecule has 5 rings (SSSR count). The Balaban J connectivity index is 1.83. The fraction of sp³-hybridized carbons (Fsp3) is 0.793. The number of Topliss-reactive ketones (excluding diaryl/α,β-unsaturated/α-hetero) is 1. The second-order valence-corrected chi connectivity index (χ2v) is 13.3. The van der Waals surface area contributed by atoms with Crippen molar-refractivity contribution in [3.8, 4) is 0 Å². The molecule has 9 nitrogen and oxygen atoms in total. The summed E-state index contributed by atoms with van der Waals surface area (Å²) in [5.41, 5.74) is -3.49. The molecule has 0 radical (unpaired) electrons. The quantitative estimate of drug-likeness (QED) is 0.305. The molecular formula is C29H40O9. The molecule has 38 heavy (non-hydrogen) atoms. The molecule has 1 spiro atoms. The highest BCUT2D eigenvalue weighted by Crippen LogP contribution is 2.75. The van der Waals surface area contributed by atoms with Crippen molar-refractivity contribution in [1.29, 1.82) is 0 Å². The molecule has 6 unspecified atom stereocenters. The molecule has 1 heterocycles. The molecular weight excluding hydrogens is 492 g/mol. The predicted molar refractivity (Wildman–Crippen MR) is 133 cm³/mol. The van der Waals surface area contributed by atoms with Crippen LogP contribution in [0.4, 0.5) is 0 Å². The number of carbonyl (C=O) groups is 4. The maximum atomic E-state index is 14.6. The highest BCUT2D eigenvalue weighted by molar-refractivity contribution is 6.07. The van der Waals surface area contributed by atoms with Crippen LogP contribution in [0, 0.1) is 28.1 Å². The Kier molecular flexibility index (Phi) is 5.84.